The van der Waals surface area contributed by atoms with Crippen LogP contribution in [0.2, 0.25) is 0 Å². The molecule has 1 unspecified atom stereocenters. The highest BCUT2D eigenvalue weighted by Gasteiger charge is 2.11. The lowest BCUT2D eigenvalue weighted by Gasteiger charge is -2.03. The first-order valence-electron chi connectivity index (χ1n) is 6.79. The van der Waals surface area contributed by atoms with E-state index in [0.29, 0.717) is 5.03 Å². The fraction of sp³-hybridized carbons (Fsp3) is 0.769. The Labute approximate surface area is 112 Å². The molecule has 18 heavy (non-hydrogen) atoms. The molecule has 0 amide bonds. The van der Waals surface area contributed by atoms with E-state index in [1.807, 2.05) is 30.8 Å². The van der Waals surface area contributed by atoms with Crippen molar-refractivity contribution >= 4 is 10.8 Å². The predicted octanol–water partition coefficient (Wildman–Crippen LogP) is 2.31. The molecule has 0 aliphatic heterocycles. The van der Waals surface area contributed by atoms with Gasteiger partial charge in [0.25, 0.3) is 0 Å². The Morgan fingerprint density at radius 3 is 2.61 bits per heavy atom. The van der Waals surface area contributed by atoms with Crippen molar-refractivity contribution in [3.05, 3.63) is 12.3 Å². The summed E-state index contributed by atoms with van der Waals surface area (Å²) in [6, 6.07) is 1.87. The maximum atomic E-state index is 11.8. The molecule has 1 aromatic rings. The number of nitrogens with zero attached hydrogens (tertiary/aromatic N) is 2. The van der Waals surface area contributed by atoms with Crippen molar-refractivity contribution in [1.29, 1.82) is 0 Å². The van der Waals surface area contributed by atoms with Crippen LogP contribution in [0.25, 0.3) is 0 Å². The molecular weight excluding hydrogens is 246 g/mol. The Morgan fingerprint density at radius 2 is 1.94 bits per heavy atom. The number of hydrogen-bond donors (Lipinski definition) is 1. The van der Waals surface area contributed by atoms with E-state index in [1.54, 1.807) is 0 Å². The Balaban J connectivity index is 2.25. The van der Waals surface area contributed by atoms with Crippen LogP contribution in [-0.2, 0) is 17.3 Å². The Morgan fingerprint density at radius 1 is 1.28 bits per heavy atom. The molecule has 0 saturated heterocycles. The monoisotopic (exact) mass is 271 g/mol. The summed E-state index contributed by atoms with van der Waals surface area (Å²) in [5.41, 5.74) is 5.45. The van der Waals surface area contributed by atoms with E-state index in [4.69, 9.17) is 5.73 Å². The highest BCUT2D eigenvalue weighted by atomic mass is 32.2. The van der Waals surface area contributed by atoms with Crippen LogP contribution in [0.1, 0.15) is 46.0 Å². The summed E-state index contributed by atoms with van der Waals surface area (Å²) in [6.07, 6.45) is 7.85. The Hall–Kier alpha value is -0.680. The van der Waals surface area contributed by atoms with Gasteiger partial charge in [0.15, 0.2) is 0 Å². The van der Waals surface area contributed by atoms with Crippen molar-refractivity contribution in [2.75, 3.05) is 6.54 Å². The van der Waals surface area contributed by atoms with Crippen LogP contribution in [0.15, 0.2) is 17.3 Å². The van der Waals surface area contributed by atoms with E-state index in [0.717, 1.165) is 25.9 Å². The largest absolute Gasteiger partial charge is 0.330 e. The van der Waals surface area contributed by atoms with Crippen molar-refractivity contribution in [2.24, 2.45) is 5.73 Å². The van der Waals surface area contributed by atoms with Crippen LogP contribution in [0.4, 0.5) is 0 Å². The first-order chi connectivity index (χ1) is 8.65. The van der Waals surface area contributed by atoms with Crippen molar-refractivity contribution in [2.45, 2.75) is 62.8 Å². The molecule has 4 nitrogen and oxygen atoms in total. The summed E-state index contributed by atoms with van der Waals surface area (Å²) < 4.78 is 13.7. The molecule has 1 heterocycles. The second kappa shape index (κ2) is 8.43. The molecule has 104 valence electrons. The zero-order valence-electron chi connectivity index (χ0n) is 11.5. The van der Waals surface area contributed by atoms with Crippen molar-refractivity contribution in [3.8, 4) is 0 Å². The molecule has 1 rings (SSSR count). The SMILES string of the molecule is CC(C)S(=O)c1ccn(CCCCCCCN)n1. The molecule has 0 saturated carbocycles. The molecule has 0 bridgehead atoms. The third-order valence-electron chi connectivity index (χ3n) is 2.84. The van der Waals surface area contributed by atoms with Gasteiger partial charge in [0.2, 0.25) is 0 Å². The minimum absolute atomic E-state index is 0.129. The normalized spacial score (nSPS) is 13.1. The van der Waals surface area contributed by atoms with Gasteiger partial charge in [-0.3, -0.25) is 8.89 Å². The third kappa shape index (κ3) is 5.31. The van der Waals surface area contributed by atoms with Gasteiger partial charge in [-0.1, -0.05) is 33.1 Å². The van der Waals surface area contributed by atoms with E-state index in [2.05, 4.69) is 5.10 Å². The first-order valence-corrected chi connectivity index (χ1v) is 8.00. The van der Waals surface area contributed by atoms with Crippen molar-refractivity contribution in [1.82, 2.24) is 9.78 Å². The van der Waals surface area contributed by atoms with Crippen LogP contribution >= 0.6 is 0 Å². The smallest absolute Gasteiger partial charge is 0.149 e. The summed E-state index contributed by atoms with van der Waals surface area (Å²) in [6.45, 7) is 5.61. The van der Waals surface area contributed by atoms with Crippen LogP contribution in [-0.4, -0.2) is 25.8 Å². The molecule has 0 radical (unpaired) electrons. The highest BCUT2D eigenvalue weighted by molar-refractivity contribution is 7.85. The molecule has 0 aromatic carbocycles. The number of aryl methyl sites for hydroxylation is 1. The van der Waals surface area contributed by atoms with E-state index in [9.17, 15) is 4.21 Å². The lowest BCUT2D eigenvalue weighted by molar-refractivity contribution is 0.522. The number of rotatable bonds is 9. The van der Waals surface area contributed by atoms with E-state index >= 15 is 0 Å². The topological polar surface area (TPSA) is 60.9 Å². The van der Waals surface area contributed by atoms with Gasteiger partial charge in [0.1, 0.15) is 5.03 Å². The van der Waals surface area contributed by atoms with Crippen molar-refractivity contribution in [3.63, 3.8) is 0 Å². The zero-order chi connectivity index (χ0) is 13.4. The zero-order valence-corrected chi connectivity index (χ0v) is 12.3. The lowest BCUT2D eigenvalue weighted by Crippen LogP contribution is -2.07. The van der Waals surface area contributed by atoms with Crippen molar-refractivity contribution < 1.29 is 4.21 Å². The average Bonchev–Trinajstić information content (AvgIpc) is 2.81. The fourth-order valence-electron chi connectivity index (χ4n) is 1.76. The number of nitrogens with two attached hydrogens (primary N) is 1. The van der Waals surface area contributed by atoms with Crippen LogP contribution in [0.3, 0.4) is 0 Å². The second-order valence-corrected chi connectivity index (χ2v) is 6.78. The molecule has 1 aromatic heterocycles. The van der Waals surface area contributed by atoms with E-state index < -0.39 is 10.8 Å². The molecule has 0 aliphatic rings. The van der Waals surface area contributed by atoms with Crippen LogP contribution in [0, 0.1) is 0 Å². The molecule has 0 aliphatic carbocycles. The third-order valence-corrected chi connectivity index (χ3v) is 4.33. The van der Waals surface area contributed by atoms with E-state index in [1.165, 1.54) is 19.3 Å². The maximum Gasteiger partial charge on any atom is 0.149 e. The number of unbranched alkanes of at least 4 members (excludes halogenated alkanes) is 4. The molecule has 5 heteroatoms. The summed E-state index contributed by atoms with van der Waals surface area (Å²) in [7, 11) is -0.972. The lowest BCUT2D eigenvalue weighted by atomic mass is 10.1. The maximum absolute atomic E-state index is 11.8. The second-order valence-electron chi connectivity index (χ2n) is 4.82. The molecule has 1 atom stereocenters. The molecule has 0 fully saturated rings. The Bertz CT molecular complexity index is 363. The minimum Gasteiger partial charge on any atom is -0.330 e. The van der Waals surface area contributed by atoms with Gasteiger partial charge < -0.3 is 5.73 Å². The predicted molar refractivity (Wildman–Crippen MR) is 75.9 cm³/mol. The van der Waals surface area contributed by atoms with Gasteiger partial charge in [-0.2, -0.15) is 5.10 Å². The quantitative estimate of drug-likeness (QED) is 0.701. The molecule has 2 N–H and O–H groups in total. The summed E-state index contributed by atoms with van der Waals surface area (Å²) in [5.74, 6) is 0. The number of hydrogen-bond acceptors (Lipinski definition) is 3. The highest BCUT2D eigenvalue weighted by Crippen LogP contribution is 2.09. The number of aromatic nitrogens is 2. The molecule has 0 spiro atoms. The van der Waals surface area contributed by atoms with Gasteiger partial charge in [-0.15, -0.1) is 0 Å². The summed E-state index contributed by atoms with van der Waals surface area (Å²) in [4.78, 5) is 0. The average molecular weight is 271 g/mol. The minimum atomic E-state index is -0.972. The van der Waals surface area contributed by atoms with Crippen LogP contribution in [0.5, 0.6) is 0 Å². The summed E-state index contributed by atoms with van der Waals surface area (Å²) in [5, 5.41) is 5.19. The van der Waals surface area contributed by atoms with Gasteiger partial charge in [-0.25, -0.2) is 0 Å². The summed E-state index contributed by atoms with van der Waals surface area (Å²) >= 11 is 0. The van der Waals surface area contributed by atoms with Gasteiger partial charge in [0, 0.05) is 18.0 Å². The Kier molecular flexibility index (Phi) is 7.20. The molecular formula is C13H25N3OS. The van der Waals surface area contributed by atoms with Gasteiger partial charge in [-0.05, 0) is 25.5 Å². The first kappa shape index (κ1) is 15.4. The van der Waals surface area contributed by atoms with Gasteiger partial charge in [0.05, 0.1) is 10.8 Å². The standard InChI is InChI=1S/C13H25N3OS/c1-12(2)18(17)13-8-11-16(15-13)10-7-5-3-4-6-9-14/h8,11-12H,3-7,9-10,14H2,1-2H3. The van der Waals surface area contributed by atoms with Gasteiger partial charge >= 0.3 is 0 Å². The van der Waals surface area contributed by atoms with E-state index in [-0.39, 0.29) is 5.25 Å². The fourth-order valence-corrected chi connectivity index (χ4v) is 2.63. The van der Waals surface area contributed by atoms with Crippen LogP contribution < -0.4 is 5.73 Å².